The quantitative estimate of drug-likeness (QED) is 0.575. The fraction of sp³-hybridized carbons (Fsp3) is 1.00. The topological polar surface area (TPSA) is 12.5 Å². The van der Waals surface area contributed by atoms with Crippen LogP contribution < -0.4 is 0 Å². The Morgan fingerprint density at radius 1 is 1.33 bits per heavy atom. The maximum atomic E-state index is 5.31. The molecule has 0 unspecified atom stereocenters. The molecule has 0 radical (unpaired) electrons. The van der Waals surface area contributed by atoms with Crippen molar-refractivity contribution in [2.24, 2.45) is 0 Å². The summed E-state index contributed by atoms with van der Waals surface area (Å²) < 4.78 is 6.28. The molecule has 12 heavy (non-hydrogen) atoms. The summed E-state index contributed by atoms with van der Waals surface area (Å²) >= 11 is -0.574. The van der Waals surface area contributed by atoms with Gasteiger partial charge in [0.25, 0.3) is 0 Å². The molecule has 1 aliphatic rings. The van der Waals surface area contributed by atoms with Crippen LogP contribution in [-0.4, -0.2) is 51.5 Å². The molecule has 1 aliphatic heterocycles. The van der Waals surface area contributed by atoms with Crippen molar-refractivity contribution in [3.63, 3.8) is 0 Å². The first-order valence-electron chi connectivity index (χ1n) is 4.49. The van der Waals surface area contributed by atoms with Crippen molar-refractivity contribution in [3.8, 4) is 0 Å². The molecular weight excluding hydrogens is 265 g/mol. The number of ether oxygens (including phenoxy) is 1. The molecule has 0 spiro atoms. The second-order valence-corrected chi connectivity index (χ2v) is 10.3. The monoisotopic (exact) mass is 285 g/mol. The van der Waals surface area contributed by atoms with E-state index in [0.29, 0.717) is 0 Å². The van der Waals surface area contributed by atoms with Crippen molar-refractivity contribution in [1.29, 1.82) is 0 Å². The van der Waals surface area contributed by atoms with Gasteiger partial charge in [-0.3, -0.25) is 0 Å². The first-order valence-corrected chi connectivity index (χ1v) is 10.0. The van der Waals surface area contributed by atoms with Crippen molar-refractivity contribution < 1.29 is 4.74 Å². The predicted molar refractivity (Wildman–Crippen MR) is 62.6 cm³/mol. The summed E-state index contributed by atoms with van der Waals surface area (Å²) in [7, 11) is 0. The molecule has 0 aromatic rings. The van der Waals surface area contributed by atoms with Gasteiger partial charge in [0.1, 0.15) is 0 Å². The van der Waals surface area contributed by atoms with Gasteiger partial charge in [0.15, 0.2) is 0 Å². The normalized spacial score (nSPS) is 23.8. The van der Waals surface area contributed by atoms with Crippen LogP contribution in [0.3, 0.4) is 0 Å². The Balaban J connectivity index is 2.20. The number of hydrogen-bond donors (Lipinski definition) is 0. The third-order valence-corrected chi connectivity index (χ3v) is 7.01. The van der Waals surface area contributed by atoms with E-state index in [0.717, 1.165) is 30.2 Å². The van der Waals surface area contributed by atoms with E-state index in [1.807, 2.05) is 0 Å². The van der Waals surface area contributed by atoms with E-state index in [-0.39, 0.29) is 0 Å². The molecule has 0 aliphatic carbocycles. The molecule has 2 nitrogen and oxygen atoms in total. The fourth-order valence-electron chi connectivity index (χ4n) is 1.28. The molecule has 1 rings (SSSR count). The van der Waals surface area contributed by atoms with E-state index in [1.165, 1.54) is 6.54 Å². The summed E-state index contributed by atoms with van der Waals surface area (Å²) in [5.41, 5.74) is 0. The van der Waals surface area contributed by atoms with Gasteiger partial charge in [0.05, 0.1) is 0 Å². The molecule has 0 amide bonds. The number of nitrogens with zero attached hydrogens (tertiary/aromatic N) is 1. The van der Waals surface area contributed by atoms with Gasteiger partial charge >= 0.3 is 83.0 Å². The zero-order valence-electron chi connectivity index (χ0n) is 8.35. The Morgan fingerprint density at radius 3 is 2.42 bits per heavy atom. The first-order chi connectivity index (χ1) is 5.70. The molecule has 0 N–H and O–H groups in total. The van der Waals surface area contributed by atoms with Crippen LogP contribution in [0.15, 0.2) is 0 Å². The van der Waals surface area contributed by atoms with Gasteiger partial charge in [0, 0.05) is 0 Å². The SMILES string of the molecule is C[C@@H](CN1CCOCC1)I(C)C. The first kappa shape index (κ1) is 10.7. The summed E-state index contributed by atoms with van der Waals surface area (Å²) in [5.74, 6) is 0. The Hall–Kier alpha value is 0.650. The fourth-order valence-corrected chi connectivity index (χ4v) is 2.62. The van der Waals surface area contributed by atoms with Crippen molar-refractivity contribution in [2.75, 3.05) is 42.7 Å². The molecule has 1 heterocycles. The molecule has 0 saturated carbocycles. The van der Waals surface area contributed by atoms with Crippen molar-refractivity contribution in [1.82, 2.24) is 4.90 Å². The third kappa shape index (κ3) is 3.58. The molecule has 0 bridgehead atoms. The van der Waals surface area contributed by atoms with E-state index in [1.54, 1.807) is 0 Å². The summed E-state index contributed by atoms with van der Waals surface area (Å²) in [4.78, 5) is 7.45. The predicted octanol–water partition coefficient (Wildman–Crippen LogP) is 1.47. The summed E-state index contributed by atoms with van der Waals surface area (Å²) in [6.07, 6.45) is 0. The minimum atomic E-state index is -0.574. The van der Waals surface area contributed by atoms with E-state index < -0.39 is 19.8 Å². The van der Waals surface area contributed by atoms with Crippen LogP contribution in [0.5, 0.6) is 0 Å². The zero-order valence-corrected chi connectivity index (χ0v) is 10.5. The average molecular weight is 285 g/mol. The Labute approximate surface area is 83.0 Å². The Bertz CT molecular complexity index is 124. The van der Waals surface area contributed by atoms with Crippen LogP contribution >= 0.6 is 19.8 Å². The average Bonchev–Trinajstić information content (AvgIpc) is 2.06. The number of alkyl halides is 3. The van der Waals surface area contributed by atoms with Crippen LogP contribution in [0.4, 0.5) is 0 Å². The van der Waals surface area contributed by atoms with E-state index >= 15 is 0 Å². The summed E-state index contributed by atoms with van der Waals surface area (Å²) in [6.45, 7) is 7.88. The minimum absolute atomic E-state index is 0.574. The van der Waals surface area contributed by atoms with Gasteiger partial charge in [-0.05, 0) is 0 Å². The molecule has 0 aromatic carbocycles. The van der Waals surface area contributed by atoms with Gasteiger partial charge in [0.2, 0.25) is 0 Å². The molecule has 1 saturated heterocycles. The van der Waals surface area contributed by atoms with Crippen LogP contribution in [0.2, 0.25) is 0 Å². The van der Waals surface area contributed by atoms with E-state index in [4.69, 9.17) is 4.74 Å². The summed E-state index contributed by atoms with van der Waals surface area (Å²) in [6, 6.07) is 0. The van der Waals surface area contributed by atoms with Crippen LogP contribution in [0.25, 0.3) is 0 Å². The number of halogens is 1. The van der Waals surface area contributed by atoms with Gasteiger partial charge in [-0.1, -0.05) is 0 Å². The number of rotatable bonds is 3. The van der Waals surface area contributed by atoms with Crippen LogP contribution in [-0.2, 0) is 4.74 Å². The molecular formula is C9H20INO. The van der Waals surface area contributed by atoms with Crippen molar-refractivity contribution >= 4 is 19.8 Å². The van der Waals surface area contributed by atoms with Gasteiger partial charge in [-0.15, -0.1) is 0 Å². The molecule has 0 aromatic heterocycles. The van der Waals surface area contributed by atoms with Gasteiger partial charge < -0.3 is 0 Å². The molecule has 3 heteroatoms. The second-order valence-electron chi connectivity index (χ2n) is 3.51. The van der Waals surface area contributed by atoms with Gasteiger partial charge in [-0.2, -0.15) is 0 Å². The van der Waals surface area contributed by atoms with Crippen LogP contribution in [0.1, 0.15) is 6.92 Å². The third-order valence-electron chi connectivity index (χ3n) is 2.36. The van der Waals surface area contributed by atoms with E-state index in [9.17, 15) is 0 Å². The maximum absolute atomic E-state index is 5.31. The molecule has 1 atom stereocenters. The molecule has 74 valence electrons. The zero-order chi connectivity index (χ0) is 8.97. The summed E-state index contributed by atoms with van der Waals surface area (Å²) in [5, 5.41) is 0. The van der Waals surface area contributed by atoms with Crippen molar-refractivity contribution in [2.45, 2.75) is 10.8 Å². The number of morpholine rings is 1. The van der Waals surface area contributed by atoms with Gasteiger partial charge in [-0.25, -0.2) is 0 Å². The second kappa shape index (κ2) is 5.40. The van der Waals surface area contributed by atoms with E-state index in [2.05, 4.69) is 21.7 Å². The number of hydrogen-bond acceptors (Lipinski definition) is 2. The van der Waals surface area contributed by atoms with Crippen molar-refractivity contribution in [3.05, 3.63) is 0 Å². The van der Waals surface area contributed by atoms with Crippen LogP contribution in [0, 0.1) is 0 Å². The Morgan fingerprint density at radius 2 is 1.92 bits per heavy atom. The molecule has 1 fully saturated rings. The standard InChI is InChI=1S/C9H20INO/c1-9(10(2)3)8-11-4-6-12-7-5-11/h9H,4-8H2,1-3H3/t9-/m0/s1. The Kier molecular flexibility index (Phi) is 4.82.